The zero-order valence-corrected chi connectivity index (χ0v) is 12.7. The molecule has 0 radical (unpaired) electrons. The molecule has 4 heteroatoms. The number of ether oxygens (including phenoxy) is 2. The van der Waals surface area contributed by atoms with Crippen molar-refractivity contribution in [1.29, 1.82) is 0 Å². The Hall–Kier alpha value is -1.32. The predicted octanol–water partition coefficient (Wildman–Crippen LogP) is 3.25. The third-order valence-electron chi connectivity index (χ3n) is 2.67. The van der Waals surface area contributed by atoms with Gasteiger partial charge in [-0.1, -0.05) is 33.3 Å². The summed E-state index contributed by atoms with van der Waals surface area (Å²) in [7, 11) is 0. The number of carbonyl (C=O) groups is 2. The van der Waals surface area contributed by atoms with Crippen LogP contribution in [0, 0.1) is 5.92 Å². The Kier molecular flexibility index (Phi) is 8.92. The fourth-order valence-electron chi connectivity index (χ4n) is 1.27. The highest BCUT2D eigenvalue weighted by Crippen LogP contribution is 2.09. The van der Waals surface area contributed by atoms with Crippen LogP contribution in [0.4, 0.5) is 0 Å². The van der Waals surface area contributed by atoms with Crippen LogP contribution in [0.3, 0.4) is 0 Å². The smallest absolute Gasteiger partial charge is 0.337 e. The van der Waals surface area contributed by atoms with Gasteiger partial charge in [-0.25, -0.2) is 4.79 Å². The maximum absolute atomic E-state index is 11.8. The number of allylic oxidation sites excluding steroid dienone is 1. The predicted molar refractivity (Wildman–Crippen MR) is 74.6 cm³/mol. The van der Waals surface area contributed by atoms with E-state index in [1.807, 2.05) is 20.8 Å². The molecule has 0 aromatic carbocycles. The molecule has 1 unspecified atom stereocenters. The zero-order valence-electron chi connectivity index (χ0n) is 12.7. The number of hydrogen-bond donors (Lipinski definition) is 0. The monoisotopic (exact) mass is 270 g/mol. The SMILES string of the molecule is CCCC=C(COC(=O)C(C)CC)C(=O)OC(C)C. The first-order chi connectivity index (χ1) is 8.92. The van der Waals surface area contributed by atoms with Gasteiger partial charge in [-0.15, -0.1) is 0 Å². The fraction of sp³-hybridized carbons (Fsp3) is 0.733. The van der Waals surface area contributed by atoms with Crippen molar-refractivity contribution in [2.75, 3.05) is 6.61 Å². The molecule has 0 amide bonds. The standard InChI is InChI=1S/C15H26O4/c1-6-8-9-13(15(17)19-11(3)4)10-18-14(16)12(5)7-2/h9,11-12H,6-8,10H2,1-5H3. The molecule has 0 heterocycles. The van der Waals surface area contributed by atoms with Crippen molar-refractivity contribution in [2.24, 2.45) is 5.92 Å². The minimum atomic E-state index is -0.402. The Bertz CT molecular complexity index is 318. The Morgan fingerprint density at radius 3 is 2.26 bits per heavy atom. The first kappa shape index (κ1) is 17.7. The average Bonchev–Trinajstić information content (AvgIpc) is 2.36. The van der Waals surface area contributed by atoms with Crippen molar-refractivity contribution in [3.05, 3.63) is 11.6 Å². The van der Waals surface area contributed by atoms with Gasteiger partial charge in [-0.3, -0.25) is 4.79 Å². The van der Waals surface area contributed by atoms with Gasteiger partial charge in [-0.2, -0.15) is 0 Å². The molecule has 0 aromatic heterocycles. The van der Waals surface area contributed by atoms with E-state index >= 15 is 0 Å². The molecule has 0 saturated carbocycles. The maximum atomic E-state index is 11.8. The van der Waals surface area contributed by atoms with E-state index in [0.717, 1.165) is 19.3 Å². The molecule has 0 aliphatic rings. The summed E-state index contributed by atoms with van der Waals surface area (Å²) in [5.41, 5.74) is 0.423. The molecule has 0 fully saturated rings. The Morgan fingerprint density at radius 1 is 1.16 bits per heavy atom. The lowest BCUT2D eigenvalue weighted by Gasteiger charge is -2.13. The first-order valence-electron chi connectivity index (χ1n) is 6.98. The van der Waals surface area contributed by atoms with Gasteiger partial charge < -0.3 is 9.47 Å². The average molecular weight is 270 g/mol. The Labute approximate surface area is 116 Å². The van der Waals surface area contributed by atoms with Crippen LogP contribution in [0.2, 0.25) is 0 Å². The van der Waals surface area contributed by atoms with Crippen LogP contribution in [-0.2, 0) is 19.1 Å². The van der Waals surface area contributed by atoms with Gasteiger partial charge in [0.25, 0.3) is 0 Å². The highest BCUT2D eigenvalue weighted by Gasteiger charge is 2.17. The van der Waals surface area contributed by atoms with Crippen molar-refractivity contribution >= 4 is 11.9 Å². The highest BCUT2D eigenvalue weighted by atomic mass is 16.6. The summed E-state index contributed by atoms with van der Waals surface area (Å²) in [6, 6.07) is 0. The Morgan fingerprint density at radius 2 is 1.79 bits per heavy atom. The topological polar surface area (TPSA) is 52.6 Å². The molecule has 4 nitrogen and oxygen atoms in total. The maximum Gasteiger partial charge on any atom is 0.337 e. The second-order valence-electron chi connectivity index (χ2n) is 4.89. The quantitative estimate of drug-likeness (QED) is 0.502. The lowest BCUT2D eigenvalue weighted by atomic mass is 10.1. The van der Waals surface area contributed by atoms with E-state index in [4.69, 9.17) is 9.47 Å². The highest BCUT2D eigenvalue weighted by molar-refractivity contribution is 5.89. The van der Waals surface area contributed by atoms with Gasteiger partial charge in [0.1, 0.15) is 6.61 Å². The van der Waals surface area contributed by atoms with Gasteiger partial charge >= 0.3 is 11.9 Å². The van der Waals surface area contributed by atoms with E-state index in [-0.39, 0.29) is 24.6 Å². The number of carbonyl (C=O) groups excluding carboxylic acids is 2. The number of esters is 2. The van der Waals surface area contributed by atoms with E-state index < -0.39 is 5.97 Å². The van der Waals surface area contributed by atoms with Gasteiger partial charge in [0.05, 0.1) is 17.6 Å². The second-order valence-corrected chi connectivity index (χ2v) is 4.89. The van der Waals surface area contributed by atoms with Gasteiger partial charge in [0.15, 0.2) is 0 Å². The molecule has 0 N–H and O–H groups in total. The lowest BCUT2D eigenvalue weighted by Crippen LogP contribution is -2.21. The van der Waals surface area contributed by atoms with Crippen LogP contribution >= 0.6 is 0 Å². The van der Waals surface area contributed by atoms with Crippen LogP contribution in [0.1, 0.15) is 53.9 Å². The third-order valence-corrected chi connectivity index (χ3v) is 2.67. The van der Waals surface area contributed by atoms with Crippen molar-refractivity contribution in [3.63, 3.8) is 0 Å². The van der Waals surface area contributed by atoms with Crippen LogP contribution in [0.15, 0.2) is 11.6 Å². The molecule has 0 saturated heterocycles. The van der Waals surface area contributed by atoms with Crippen LogP contribution in [0.25, 0.3) is 0 Å². The molecule has 0 aromatic rings. The van der Waals surface area contributed by atoms with Gasteiger partial charge in [0, 0.05) is 0 Å². The normalized spacial score (nSPS) is 13.3. The molecular formula is C15H26O4. The minimum Gasteiger partial charge on any atom is -0.460 e. The molecule has 0 bridgehead atoms. The lowest BCUT2D eigenvalue weighted by molar-refractivity contribution is -0.149. The molecule has 110 valence electrons. The van der Waals surface area contributed by atoms with Gasteiger partial charge in [0.2, 0.25) is 0 Å². The molecule has 0 aliphatic heterocycles. The van der Waals surface area contributed by atoms with Crippen LogP contribution in [-0.4, -0.2) is 24.6 Å². The van der Waals surface area contributed by atoms with Crippen LogP contribution in [0.5, 0.6) is 0 Å². The third kappa shape index (κ3) is 7.65. The van der Waals surface area contributed by atoms with E-state index in [1.54, 1.807) is 19.9 Å². The Balaban J connectivity index is 4.53. The molecular weight excluding hydrogens is 244 g/mol. The minimum absolute atomic E-state index is 0.00523. The second kappa shape index (κ2) is 9.59. The molecule has 0 spiro atoms. The summed E-state index contributed by atoms with van der Waals surface area (Å²) in [4.78, 5) is 23.4. The number of hydrogen-bond acceptors (Lipinski definition) is 4. The largest absolute Gasteiger partial charge is 0.460 e. The van der Waals surface area contributed by atoms with Gasteiger partial charge in [-0.05, 0) is 26.7 Å². The van der Waals surface area contributed by atoms with Crippen molar-refractivity contribution in [1.82, 2.24) is 0 Å². The molecule has 19 heavy (non-hydrogen) atoms. The molecule has 0 aliphatic carbocycles. The summed E-state index contributed by atoms with van der Waals surface area (Å²) in [5.74, 6) is -0.823. The first-order valence-corrected chi connectivity index (χ1v) is 6.98. The summed E-state index contributed by atoms with van der Waals surface area (Å²) >= 11 is 0. The van der Waals surface area contributed by atoms with E-state index in [9.17, 15) is 9.59 Å². The fourth-order valence-corrected chi connectivity index (χ4v) is 1.27. The summed E-state index contributed by atoms with van der Waals surface area (Å²) in [5, 5.41) is 0. The summed E-state index contributed by atoms with van der Waals surface area (Å²) in [6.45, 7) is 9.33. The molecule has 0 rings (SSSR count). The van der Waals surface area contributed by atoms with Crippen molar-refractivity contribution in [3.8, 4) is 0 Å². The van der Waals surface area contributed by atoms with E-state index in [2.05, 4.69) is 0 Å². The van der Waals surface area contributed by atoms with Crippen molar-refractivity contribution < 1.29 is 19.1 Å². The van der Waals surface area contributed by atoms with Crippen LogP contribution < -0.4 is 0 Å². The van der Waals surface area contributed by atoms with Crippen molar-refractivity contribution in [2.45, 2.75) is 60.0 Å². The number of unbranched alkanes of at least 4 members (excludes halogenated alkanes) is 1. The van der Waals surface area contributed by atoms with E-state index in [1.165, 1.54) is 0 Å². The summed E-state index contributed by atoms with van der Waals surface area (Å²) in [6.07, 6.45) is 4.03. The van der Waals surface area contributed by atoms with E-state index in [0.29, 0.717) is 5.57 Å². The summed E-state index contributed by atoms with van der Waals surface area (Å²) < 4.78 is 10.3. The zero-order chi connectivity index (χ0) is 14.8. The molecule has 1 atom stereocenters. The number of rotatable bonds is 8.